The van der Waals surface area contributed by atoms with Crippen molar-refractivity contribution in [1.29, 1.82) is 0 Å². The molecule has 0 atom stereocenters. The minimum absolute atomic E-state index is 0.0433. The van der Waals surface area contributed by atoms with Crippen molar-refractivity contribution in [2.24, 2.45) is 0 Å². The molecule has 0 aliphatic carbocycles. The van der Waals surface area contributed by atoms with E-state index in [2.05, 4.69) is 10.6 Å². The van der Waals surface area contributed by atoms with E-state index in [1.165, 1.54) is 24.3 Å². The number of alkyl halides is 3. The lowest BCUT2D eigenvalue weighted by molar-refractivity contribution is -0.137. The summed E-state index contributed by atoms with van der Waals surface area (Å²) < 4.78 is 51.6. The van der Waals surface area contributed by atoms with Gasteiger partial charge >= 0.3 is 6.18 Å². The summed E-state index contributed by atoms with van der Waals surface area (Å²) in [5.74, 6) is -1.02. The summed E-state index contributed by atoms with van der Waals surface area (Å²) >= 11 is 5.52. The van der Waals surface area contributed by atoms with Crippen LogP contribution in [0.3, 0.4) is 0 Å². The van der Waals surface area contributed by atoms with Crippen molar-refractivity contribution in [2.45, 2.75) is 12.6 Å². The maximum absolute atomic E-state index is 13.4. The summed E-state index contributed by atoms with van der Waals surface area (Å²) in [7, 11) is 0. The van der Waals surface area contributed by atoms with Crippen LogP contribution in [0.5, 0.6) is 0 Å². The number of nitrogens with one attached hydrogen (secondary N) is 2. The van der Waals surface area contributed by atoms with E-state index in [4.69, 9.17) is 11.6 Å². The molecule has 2 N–H and O–H groups in total. The van der Waals surface area contributed by atoms with Gasteiger partial charge in [-0.3, -0.25) is 4.79 Å². The molecule has 2 aromatic carbocycles. The van der Waals surface area contributed by atoms with Gasteiger partial charge in [-0.15, -0.1) is 0 Å². The van der Waals surface area contributed by atoms with E-state index < -0.39 is 28.5 Å². The summed E-state index contributed by atoms with van der Waals surface area (Å²) in [6.45, 7) is 0.0826. The highest BCUT2D eigenvalue weighted by Gasteiger charge is 2.33. The number of hydrogen-bond donors (Lipinski definition) is 2. The van der Waals surface area contributed by atoms with Gasteiger partial charge in [-0.05, 0) is 30.3 Å². The quantitative estimate of drug-likeness (QED) is 0.742. The van der Waals surface area contributed by atoms with E-state index in [0.717, 1.165) is 12.1 Å². The fraction of sp³-hybridized carbons (Fsp3) is 0.188. The van der Waals surface area contributed by atoms with E-state index >= 15 is 0 Å². The Morgan fingerprint density at radius 1 is 1.12 bits per heavy atom. The molecule has 0 unspecified atom stereocenters. The second kappa shape index (κ2) is 7.53. The summed E-state index contributed by atoms with van der Waals surface area (Å²) in [6.07, 6.45) is -4.60. The van der Waals surface area contributed by atoms with E-state index in [1.807, 2.05) is 0 Å². The molecular formula is C16H13ClF4N2O. The van der Waals surface area contributed by atoms with E-state index in [9.17, 15) is 22.4 Å². The van der Waals surface area contributed by atoms with Crippen molar-refractivity contribution in [2.75, 3.05) is 17.2 Å². The zero-order valence-electron chi connectivity index (χ0n) is 12.3. The lowest BCUT2D eigenvalue weighted by atomic mass is 10.2. The molecule has 2 aromatic rings. The van der Waals surface area contributed by atoms with Gasteiger partial charge in [0, 0.05) is 18.7 Å². The van der Waals surface area contributed by atoms with Gasteiger partial charge in [0.25, 0.3) is 0 Å². The molecule has 0 aliphatic rings. The molecule has 3 nitrogen and oxygen atoms in total. The Morgan fingerprint density at radius 2 is 1.83 bits per heavy atom. The number of amides is 1. The normalized spacial score (nSPS) is 11.2. The molecule has 0 saturated heterocycles. The molecule has 128 valence electrons. The minimum Gasteiger partial charge on any atom is -0.385 e. The first-order chi connectivity index (χ1) is 11.3. The average Bonchev–Trinajstić information content (AvgIpc) is 2.50. The molecule has 24 heavy (non-hydrogen) atoms. The monoisotopic (exact) mass is 360 g/mol. The Kier molecular flexibility index (Phi) is 5.66. The van der Waals surface area contributed by atoms with Crippen LogP contribution in [0.15, 0.2) is 42.5 Å². The topological polar surface area (TPSA) is 41.1 Å². The van der Waals surface area contributed by atoms with Crippen molar-refractivity contribution in [1.82, 2.24) is 0 Å². The minimum atomic E-state index is -4.56. The second-order valence-electron chi connectivity index (χ2n) is 4.90. The van der Waals surface area contributed by atoms with Crippen LogP contribution >= 0.6 is 11.6 Å². The van der Waals surface area contributed by atoms with Crippen molar-refractivity contribution in [3.05, 3.63) is 58.9 Å². The summed E-state index contributed by atoms with van der Waals surface area (Å²) in [4.78, 5) is 11.7. The number of benzene rings is 2. The highest BCUT2D eigenvalue weighted by atomic mass is 35.5. The molecule has 0 heterocycles. The van der Waals surface area contributed by atoms with Crippen LogP contribution in [0.2, 0.25) is 5.02 Å². The highest BCUT2D eigenvalue weighted by molar-refractivity contribution is 6.31. The van der Waals surface area contributed by atoms with E-state index in [1.54, 1.807) is 6.07 Å². The van der Waals surface area contributed by atoms with Gasteiger partial charge in [0.2, 0.25) is 5.91 Å². The van der Waals surface area contributed by atoms with Crippen LogP contribution < -0.4 is 10.6 Å². The Balaban J connectivity index is 1.90. The SMILES string of the molecule is O=C(CCNc1ccc(Cl)c(C(F)(F)F)c1)Nc1ccccc1F. The molecule has 0 radical (unpaired) electrons. The standard InChI is InChI=1S/C16H13ClF4N2O/c17-12-6-5-10(9-11(12)16(19,20)21)22-8-7-15(24)23-14-4-2-1-3-13(14)18/h1-6,9,22H,7-8H2,(H,23,24). The smallest absolute Gasteiger partial charge is 0.385 e. The number of hydrogen-bond acceptors (Lipinski definition) is 2. The predicted octanol–water partition coefficient (Wildman–Crippen LogP) is 4.94. The van der Waals surface area contributed by atoms with Crippen LogP contribution in [-0.4, -0.2) is 12.5 Å². The number of halogens is 5. The van der Waals surface area contributed by atoms with Crippen LogP contribution in [-0.2, 0) is 11.0 Å². The first kappa shape index (κ1) is 18.1. The number of para-hydroxylation sites is 1. The Morgan fingerprint density at radius 3 is 2.50 bits per heavy atom. The van der Waals surface area contributed by atoms with Crippen molar-refractivity contribution >= 4 is 28.9 Å². The van der Waals surface area contributed by atoms with Crippen LogP contribution in [0.25, 0.3) is 0 Å². The van der Waals surface area contributed by atoms with Gasteiger partial charge in [0.05, 0.1) is 16.3 Å². The van der Waals surface area contributed by atoms with Crippen LogP contribution in [0.1, 0.15) is 12.0 Å². The third-order valence-corrected chi connectivity index (χ3v) is 3.43. The average molecular weight is 361 g/mol. The zero-order chi connectivity index (χ0) is 17.7. The third-order valence-electron chi connectivity index (χ3n) is 3.10. The number of anilines is 2. The molecule has 1 amide bonds. The molecule has 0 bridgehead atoms. The first-order valence-electron chi connectivity index (χ1n) is 6.92. The molecule has 0 aliphatic heterocycles. The molecular weight excluding hydrogens is 348 g/mol. The van der Waals surface area contributed by atoms with E-state index in [-0.39, 0.29) is 24.3 Å². The Labute approximate surface area is 140 Å². The van der Waals surface area contributed by atoms with Gasteiger partial charge < -0.3 is 10.6 Å². The van der Waals surface area contributed by atoms with Gasteiger partial charge in [0.15, 0.2) is 0 Å². The summed E-state index contributed by atoms with van der Waals surface area (Å²) in [5.41, 5.74) is -0.719. The number of carbonyl (C=O) groups excluding carboxylic acids is 1. The molecule has 0 spiro atoms. The number of carbonyl (C=O) groups is 1. The van der Waals surface area contributed by atoms with Crippen molar-refractivity contribution < 1.29 is 22.4 Å². The second-order valence-corrected chi connectivity index (χ2v) is 5.30. The van der Waals surface area contributed by atoms with Gasteiger partial charge in [0.1, 0.15) is 5.82 Å². The van der Waals surface area contributed by atoms with Crippen LogP contribution in [0, 0.1) is 5.82 Å². The third kappa shape index (κ3) is 4.86. The maximum Gasteiger partial charge on any atom is 0.417 e. The maximum atomic E-state index is 13.4. The number of rotatable bonds is 5. The largest absolute Gasteiger partial charge is 0.417 e. The first-order valence-corrected chi connectivity index (χ1v) is 7.30. The highest BCUT2D eigenvalue weighted by Crippen LogP contribution is 2.36. The Hall–Kier alpha value is -2.28. The lowest BCUT2D eigenvalue weighted by Gasteiger charge is -2.12. The predicted molar refractivity (Wildman–Crippen MR) is 84.6 cm³/mol. The Bertz CT molecular complexity index is 734. The van der Waals surface area contributed by atoms with Crippen LogP contribution in [0.4, 0.5) is 28.9 Å². The molecule has 0 saturated carbocycles. The lowest BCUT2D eigenvalue weighted by Crippen LogP contribution is -2.17. The van der Waals surface area contributed by atoms with E-state index in [0.29, 0.717) is 0 Å². The summed E-state index contributed by atoms with van der Waals surface area (Å²) in [6, 6.07) is 9.07. The van der Waals surface area contributed by atoms with Gasteiger partial charge in [-0.25, -0.2) is 4.39 Å². The van der Waals surface area contributed by atoms with Crippen molar-refractivity contribution in [3.63, 3.8) is 0 Å². The van der Waals surface area contributed by atoms with Gasteiger partial charge in [-0.1, -0.05) is 23.7 Å². The molecule has 2 rings (SSSR count). The zero-order valence-corrected chi connectivity index (χ0v) is 13.0. The van der Waals surface area contributed by atoms with Gasteiger partial charge in [-0.2, -0.15) is 13.2 Å². The molecule has 0 aromatic heterocycles. The fourth-order valence-corrected chi connectivity index (χ4v) is 2.17. The van der Waals surface area contributed by atoms with Crippen molar-refractivity contribution in [3.8, 4) is 0 Å². The molecule has 8 heteroatoms. The summed E-state index contributed by atoms with van der Waals surface area (Å²) in [5, 5.41) is 4.69. The fourth-order valence-electron chi connectivity index (χ4n) is 1.95. The molecule has 0 fully saturated rings.